The van der Waals surface area contributed by atoms with E-state index in [0.717, 1.165) is 9.77 Å². The Bertz CT molecular complexity index is 425. The van der Waals surface area contributed by atoms with Crippen molar-refractivity contribution in [2.24, 2.45) is 0 Å². The van der Waals surface area contributed by atoms with Crippen molar-refractivity contribution in [2.75, 3.05) is 6.26 Å². The highest BCUT2D eigenvalue weighted by atomic mass is 79.9. The normalized spacial score (nSPS) is 12.9. The Morgan fingerprint density at radius 1 is 1.36 bits per heavy atom. The van der Waals surface area contributed by atoms with Gasteiger partial charge in [-0.3, -0.25) is 0 Å². The van der Waals surface area contributed by atoms with Gasteiger partial charge in [-0.15, -0.1) is 0 Å². The molecular formula is C9H10BrO2PS. The van der Waals surface area contributed by atoms with Gasteiger partial charge in [-0.2, -0.15) is 0 Å². The molecular weight excluding hydrogens is 283 g/mol. The minimum Gasteiger partial charge on any atom is -0.220 e. The lowest BCUT2D eigenvalue weighted by atomic mass is 10.2. The zero-order chi connectivity index (χ0) is 10.6. The molecule has 5 heteroatoms. The van der Waals surface area contributed by atoms with Crippen LogP contribution in [0.5, 0.6) is 0 Å². The van der Waals surface area contributed by atoms with E-state index in [1.165, 1.54) is 6.26 Å². The molecule has 0 fully saturated rings. The quantitative estimate of drug-likeness (QED) is 0.803. The van der Waals surface area contributed by atoms with E-state index in [0.29, 0.717) is 13.8 Å². The second-order valence-corrected chi connectivity index (χ2v) is 9.16. The number of benzene rings is 1. The highest BCUT2D eigenvalue weighted by molar-refractivity contribution is 9.20. The van der Waals surface area contributed by atoms with Crippen LogP contribution in [0.2, 0.25) is 0 Å². The van der Waals surface area contributed by atoms with E-state index in [1.807, 2.05) is 30.3 Å². The Morgan fingerprint density at radius 3 is 2.43 bits per heavy atom. The first-order valence-corrected chi connectivity index (χ1v) is 8.14. The van der Waals surface area contributed by atoms with Crippen molar-refractivity contribution >= 4 is 37.0 Å². The van der Waals surface area contributed by atoms with Gasteiger partial charge in [0.05, 0.1) is 0 Å². The van der Waals surface area contributed by atoms with Gasteiger partial charge >= 0.3 is 0 Å². The SMILES string of the molecule is CS(=O)(=O)P=C(Br)Cc1ccccc1. The highest BCUT2D eigenvalue weighted by Gasteiger charge is 2.01. The zero-order valence-electron chi connectivity index (χ0n) is 7.64. The molecule has 0 aliphatic rings. The molecule has 1 aromatic carbocycles. The molecule has 0 aliphatic heterocycles. The van der Waals surface area contributed by atoms with Crippen LogP contribution >= 0.6 is 23.3 Å². The molecule has 14 heavy (non-hydrogen) atoms. The summed E-state index contributed by atoms with van der Waals surface area (Å²) in [6, 6.07) is 9.75. The van der Waals surface area contributed by atoms with Crippen LogP contribution in [0.1, 0.15) is 5.56 Å². The second kappa shape index (κ2) is 5.06. The third-order valence-corrected chi connectivity index (χ3v) is 5.32. The molecule has 0 amide bonds. The molecule has 0 bridgehead atoms. The third-order valence-electron chi connectivity index (χ3n) is 1.46. The van der Waals surface area contributed by atoms with Crippen LogP contribution in [-0.2, 0) is 15.9 Å². The molecule has 1 rings (SSSR count). The Labute approximate surface area is 93.9 Å². The summed E-state index contributed by atoms with van der Waals surface area (Å²) >= 11 is 3.28. The van der Waals surface area contributed by atoms with E-state index in [9.17, 15) is 8.42 Å². The molecule has 2 nitrogen and oxygen atoms in total. The van der Waals surface area contributed by atoms with Crippen molar-refractivity contribution in [3.8, 4) is 0 Å². The Balaban J connectivity index is 2.77. The number of rotatable bonds is 3. The van der Waals surface area contributed by atoms with Crippen molar-refractivity contribution in [3.63, 3.8) is 0 Å². The number of hydrogen-bond donors (Lipinski definition) is 0. The molecule has 0 N–H and O–H groups in total. The molecule has 76 valence electrons. The zero-order valence-corrected chi connectivity index (χ0v) is 10.9. The Hall–Kier alpha value is -0.180. The average molecular weight is 293 g/mol. The van der Waals surface area contributed by atoms with Gasteiger partial charge in [-0.25, -0.2) is 8.42 Å². The summed E-state index contributed by atoms with van der Waals surface area (Å²) < 4.78 is 22.7. The minimum atomic E-state index is -2.96. The lowest BCUT2D eigenvalue weighted by Gasteiger charge is -1.98. The van der Waals surface area contributed by atoms with Gasteiger partial charge in [0, 0.05) is 24.3 Å². The first kappa shape index (κ1) is 11.9. The second-order valence-electron chi connectivity index (χ2n) is 2.86. The fraction of sp³-hybridized carbons (Fsp3) is 0.222. The average Bonchev–Trinajstić information content (AvgIpc) is 2.02. The first-order valence-electron chi connectivity index (χ1n) is 3.95. The fourth-order valence-corrected chi connectivity index (χ4v) is 5.55. The van der Waals surface area contributed by atoms with Crippen molar-refractivity contribution in [1.82, 2.24) is 0 Å². The predicted molar refractivity (Wildman–Crippen MR) is 65.8 cm³/mol. The van der Waals surface area contributed by atoms with E-state index in [2.05, 4.69) is 15.9 Å². The standard InChI is InChI=1S/C9H10BrO2PS/c1-14(11,12)13-9(10)7-8-5-3-2-4-6-8/h2-6H,7H2,1H3. The number of hydrogen-bond acceptors (Lipinski definition) is 2. The van der Waals surface area contributed by atoms with E-state index < -0.39 is 9.46 Å². The van der Waals surface area contributed by atoms with Crippen LogP contribution in [0.3, 0.4) is 0 Å². The monoisotopic (exact) mass is 292 g/mol. The Morgan fingerprint density at radius 2 is 1.93 bits per heavy atom. The topological polar surface area (TPSA) is 34.1 Å². The molecule has 0 aromatic heterocycles. The Kier molecular flexibility index (Phi) is 4.30. The van der Waals surface area contributed by atoms with Crippen LogP contribution in [0.4, 0.5) is 0 Å². The van der Waals surface area contributed by atoms with Gasteiger partial charge in [0.15, 0.2) is 9.46 Å². The minimum absolute atomic E-state index is 0.352. The van der Waals surface area contributed by atoms with Crippen LogP contribution in [0, 0.1) is 0 Å². The lowest BCUT2D eigenvalue weighted by Crippen LogP contribution is -1.93. The first-order chi connectivity index (χ1) is 6.47. The summed E-state index contributed by atoms with van der Waals surface area (Å²) in [5, 5.41) is 0. The summed E-state index contributed by atoms with van der Waals surface area (Å²) in [5.74, 6) is 0. The van der Waals surface area contributed by atoms with Crippen LogP contribution in [0.25, 0.3) is 0 Å². The largest absolute Gasteiger partial charge is 0.220 e. The molecule has 0 radical (unpaired) electrons. The molecule has 0 unspecified atom stereocenters. The maximum atomic E-state index is 11.0. The summed E-state index contributed by atoms with van der Waals surface area (Å²) in [6.07, 6.45) is 1.87. The molecule has 0 atom stereocenters. The summed E-state index contributed by atoms with van der Waals surface area (Å²) in [4.78, 5) is 0. The van der Waals surface area contributed by atoms with Gasteiger partial charge < -0.3 is 0 Å². The molecule has 1 aromatic rings. The lowest BCUT2D eigenvalue weighted by molar-refractivity contribution is 0.615. The van der Waals surface area contributed by atoms with Crippen molar-refractivity contribution in [3.05, 3.63) is 35.9 Å². The van der Waals surface area contributed by atoms with E-state index >= 15 is 0 Å². The van der Waals surface area contributed by atoms with E-state index in [-0.39, 0.29) is 0 Å². The van der Waals surface area contributed by atoms with Gasteiger partial charge in [0.1, 0.15) is 0 Å². The molecule has 0 saturated heterocycles. The summed E-state index contributed by atoms with van der Waals surface area (Å²) in [6.45, 7) is 0. The fourth-order valence-electron chi connectivity index (χ4n) is 0.977. The van der Waals surface area contributed by atoms with Gasteiger partial charge in [0.25, 0.3) is 0 Å². The van der Waals surface area contributed by atoms with Crippen molar-refractivity contribution < 1.29 is 8.42 Å². The van der Waals surface area contributed by atoms with E-state index in [1.54, 1.807) is 0 Å². The molecule has 0 heterocycles. The predicted octanol–water partition coefficient (Wildman–Crippen LogP) is 2.66. The summed E-state index contributed by atoms with van der Waals surface area (Å²) in [7, 11) is -2.60. The van der Waals surface area contributed by atoms with Crippen LogP contribution < -0.4 is 0 Å². The highest BCUT2D eigenvalue weighted by Crippen LogP contribution is 2.16. The van der Waals surface area contributed by atoms with Crippen molar-refractivity contribution in [2.45, 2.75) is 6.42 Å². The van der Waals surface area contributed by atoms with Crippen LogP contribution in [-0.4, -0.2) is 18.9 Å². The van der Waals surface area contributed by atoms with E-state index in [4.69, 9.17) is 0 Å². The van der Waals surface area contributed by atoms with Crippen molar-refractivity contribution in [1.29, 1.82) is 0 Å². The van der Waals surface area contributed by atoms with Gasteiger partial charge in [-0.1, -0.05) is 30.3 Å². The molecule has 0 spiro atoms. The van der Waals surface area contributed by atoms with Crippen LogP contribution in [0.15, 0.2) is 30.3 Å². The number of halogens is 1. The third kappa shape index (κ3) is 4.89. The smallest absolute Gasteiger partial charge is 0.191 e. The van der Waals surface area contributed by atoms with Gasteiger partial charge in [0.2, 0.25) is 0 Å². The molecule has 0 aliphatic carbocycles. The maximum Gasteiger partial charge on any atom is 0.191 e. The summed E-state index contributed by atoms with van der Waals surface area (Å²) in [5.41, 5.74) is 1.11. The van der Waals surface area contributed by atoms with Gasteiger partial charge in [-0.05, 0) is 21.5 Å². The molecule has 0 saturated carbocycles. The maximum absolute atomic E-state index is 11.0.